The Hall–Kier alpha value is -1.82. The van der Waals surface area contributed by atoms with E-state index in [2.05, 4.69) is 23.2 Å². The van der Waals surface area contributed by atoms with Crippen molar-refractivity contribution in [3.8, 4) is 0 Å². The molecule has 24 heavy (non-hydrogen) atoms. The van der Waals surface area contributed by atoms with Gasteiger partial charge in [-0.25, -0.2) is 8.42 Å². The van der Waals surface area contributed by atoms with Crippen molar-refractivity contribution in [3.63, 3.8) is 0 Å². The lowest BCUT2D eigenvalue weighted by Gasteiger charge is -2.26. The van der Waals surface area contributed by atoms with Crippen LogP contribution in [0.3, 0.4) is 0 Å². The Balaban J connectivity index is 1.76. The summed E-state index contributed by atoms with van der Waals surface area (Å²) >= 11 is 5.96. The summed E-state index contributed by atoms with van der Waals surface area (Å²) in [6, 6.07) is 12.7. The van der Waals surface area contributed by atoms with Gasteiger partial charge in [-0.1, -0.05) is 29.3 Å². The number of hydrogen-bond donors (Lipinski definition) is 1. The highest BCUT2D eigenvalue weighted by molar-refractivity contribution is 7.89. The van der Waals surface area contributed by atoms with Gasteiger partial charge in [0.2, 0.25) is 10.0 Å². The smallest absolute Gasteiger partial charge is 0.243 e. The molecule has 0 radical (unpaired) electrons. The molecule has 124 valence electrons. The van der Waals surface area contributed by atoms with Gasteiger partial charge in [0, 0.05) is 41.1 Å². The average molecular weight is 361 g/mol. The van der Waals surface area contributed by atoms with E-state index in [0.29, 0.717) is 24.5 Å². The van der Waals surface area contributed by atoms with Crippen LogP contribution >= 0.6 is 11.6 Å². The lowest BCUT2D eigenvalue weighted by molar-refractivity contribution is 0.391. The molecule has 0 spiro atoms. The van der Waals surface area contributed by atoms with Gasteiger partial charge in [-0.3, -0.25) is 0 Å². The van der Waals surface area contributed by atoms with E-state index in [1.54, 1.807) is 18.2 Å². The summed E-state index contributed by atoms with van der Waals surface area (Å²) in [5.74, 6) is 0. The van der Waals surface area contributed by atoms with Gasteiger partial charge >= 0.3 is 0 Å². The Kier molecular flexibility index (Phi) is 3.67. The van der Waals surface area contributed by atoms with E-state index in [1.165, 1.54) is 15.9 Å². The molecule has 0 amide bonds. The van der Waals surface area contributed by atoms with Crippen molar-refractivity contribution < 1.29 is 8.42 Å². The van der Waals surface area contributed by atoms with Crippen LogP contribution in [0.4, 0.5) is 0 Å². The number of aromatic nitrogens is 1. The normalized spacial score (nSPS) is 15.6. The summed E-state index contributed by atoms with van der Waals surface area (Å²) in [5, 5.41) is 1.53. The zero-order valence-electron chi connectivity index (χ0n) is 13.2. The van der Waals surface area contributed by atoms with Gasteiger partial charge < -0.3 is 4.98 Å². The first kappa shape index (κ1) is 15.7. The molecule has 0 aliphatic carbocycles. The van der Waals surface area contributed by atoms with Crippen molar-refractivity contribution in [2.45, 2.75) is 24.8 Å². The second-order valence-electron chi connectivity index (χ2n) is 6.18. The van der Waals surface area contributed by atoms with Gasteiger partial charge in [-0.05, 0) is 42.8 Å². The van der Waals surface area contributed by atoms with E-state index in [0.717, 1.165) is 22.2 Å². The highest BCUT2D eigenvalue weighted by atomic mass is 35.5. The first-order chi connectivity index (χ1) is 11.4. The van der Waals surface area contributed by atoms with E-state index in [9.17, 15) is 8.42 Å². The number of halogens is 1. The van der Waals surface area contributed by atoms with Crippen LogP contribution in [-0.2, 0) is 23.0 Å². The van der Waals surface area contributed by atoms with Crippen molar-refractivity contribution >= 4 is 32.5 Å². The van der Waals surface area contributed by atoms with Crippen LogP contribution in [0.25, 0.3) is 10.9 Å². The lowest BCUT2D eigenvalue weighted by Crippen LogP contribution is -2.35. The van der Waals surface area contributed by atoms with Gasteiger partial charge in [0.1, 0.15) is 0 Å². The lowest BCUT2D eigenvalue weighted by atomic mass is 10.0. The molecule has 0 saturated heterocycles. The third-order valence-electron chi connectivity index (χ3n) is 4.53. The standard InChI is InChI=1S/C18H17ClN2O2S/c1-12-5-6-17-15(9-12)16-11-21(8-7-18(16)20-17)24(22,23)14-4-2-3-13(19)10-14/h2-6,9-10,20H,7-8,11H2,1H3. The van der Waals surface area contributed by atoms with Crippen molar-refractivity contribution in [3.05, 3.63) is 64.3 Å². The van der Waals surface area contributed by atoms with E-state index in [1.807, 2.05) is 6.92 Å². The quantitative estimate of drug-likeness (QED) is 0.754. The molecule has 1 aliphatic rings. The minimum Gasteiger partial charge on any atom is -0.358 e. The third-order valence-corrected chi connectivity index (χ3v) is 6.61. The number of hydrogen-bond acceptors (Lipinski definition) is 2. The number of benzene rings is 2. The average Bonchev–Trinajstić information content (AvgIpc) is 2.92. The number of fused-ring (bicyclic) bond motifs is 3. The fourth-order valence-electron chi connectivity index (χ4n) is 3.28. The molecule has 0 saturated carbocycles. The Bertz CT molecular complexity index is 1040. The zero-order valence-corrected chi connectivity index (χ0v) is 14.8. The van der Waals surface area contributed by atoms with Crippen LogP contribution in [0, 0.1) is 6.92 Å². The van der Waals surface area contributed by atoms with E-state index < -0.39 is 10.0 Å². The first-order valence-electron chi connectivity index (χ1n) is 7.81. The summed E-state index contributed by atoms with van der Waals surface area (Å²) in [6.07, 6.45) is 0.683. The number of rotatable bonds is 2. The maximum absolute atomic E-state index is 12.9. The molecule has 2 heterocycles. The van der Waals surface area contributed by atoms with Crippen LogP contribution in [0.15, 0.2) is 47.4 Å². The molecule has 2 aromatic carbocycles. The van der Waals surface area contributed by atoms with Crippen LogP contribution in [0.2, 0.25) is 5.02 Å². The highest BCUT2D eigenvalue weighted by Crippen LogP contribution is 2.31. The Labute approximate surface area is 146 Å². The second-order valence-corrected chi connectivity index (χ2v) is 8.55. The van der Waals surface area contributed by atoms with Crippen LogP contribution in [0.1, 0.15) is 16.8 Å². The maximum atomic E-state index is 12.9. The molecule has 6 heteroatoms. The molecule has 0 bridgehead atoms. The molecule has 0 atom stereocenters. The molecule has 4 nitrogen and oxygen atoms in total. The van der Waals surface area contributed by atoms with E-state index >= 15 is 0 Å². The number of H-pyrrole nitrogens is 1. The monoisotopic (exact) mass is 360 g/mol. The maximum Gasteiger partial charge on any atom is 0.243 e. The SMILES string of the molecule is Cc1ccc2[nH]c3c(c2c1)CN(S(=O)(=O)c1cccc(Cl)c1)CC3. The zero-order chi connectivity index (χ0) is 16.9. The molecule has 0 fully saturated rings. The number of aromatic amines is 1. The molecule has 3 aromatic rings. The van der Waals surface area contributed by atoms with Crippen molar-refractivity contribution in [1.29, 1.82) is 0 Å². The molecule has 4 rings (SSSR count). The highest BCUT2D eigenvalue weighted by Gasteiger charge is 2.30. The third kappa shape index (κ3) is 2.53. The predicted molar refractivity (Wildman–Crippen MR) is 95.8 cm³/mol. The first-order valence-corrected chi connectivity index (χ1v) is 9.63. The summed E-state index contributed by atoms with van der Waals surface area (Å²) < 4.78 is 27.4. The largest absolute Gasteiger partial charge is 0.358 e. The van der Waals surface area contributed by atoms with E-state index in [-0.39, 0.29) is 4.90 Å². The summed E-state index contributed by atoms with van der Waals surface area (Å²) in [5.41, 5.74) is 4.44. The Morgan fingerprint density at radius 1 is 1.17 bits per heavy atom. The molecule has 1 aliphatic heterocycles. The predicted octanol–water partition coefficient (Wildman–Crippen LogP) is 3.88. The summed E-state index contributed by atoms with van der Waals surface area (Å²) in [4.78, 5) is 3.67. The van der Waals surface area contributed by atoms with Crippen LogP contribution < -0.4 is 0 Å². The summed E-state index contributed by atoms with van der Waals surface area (Å²) in [7, 11) is -3.55. The molecular formula is C18H17ClN2O2S. The Morgan fingerprint density at radius 2 is 2.00 bits per heavy atom. The number of nitrogens with one attached hydrogen (secondary N) is 1. The van der Waals surface area contributed by atoms with Crippen LogP contribution in [-0.4, -0.2) is 24.3 Å². The van der Waals surface area contributed by atoms with Gasteiger partial charge in [0.15, 0.2) is 0 Å². The van der Waals surface area contributed by atoms with Gasteiger partial charge in [-0.2, -0.15) is 4.31 Å². The van der Waals surface area contributed by atoms with Gasteiger partial charge in [0.25, 0.3) is 0 Å². The minimum absolute atomic E-state index is 0.245. The summed E-state index contributed by atoms with van der Waals surface area (Å²) in [6.45, 7) is 2.89. The van der Waals surface area contributed by atoms with Crippen molar-refractivity contribution in [1.82, 2.24) is 9.29 Å². The van der Waals surface area contributed by atoms with E-state index in [4.69, 9.17) is 11.6 Å². The molecule has 1 N–H and O–H groups in total. The van der Waals surface area contributed by atoms with Crippen molar-refractivity contribution in [2.75, 3.05) is 6.54 Å². The van der Waals surface area contributed by atoms with Gasteiger partial charge in [-0.15, -0.1) is 0 Å². The minimum atomic E-state index is -3.55. The number of aryl methyl sites for hydroxylation is 1. The van der Waals surface area contributed by atoms with Crippen LogP contribution in [0.5, 0.6) is 0 Å². The fraction of sp³-hybridized carbons (Fsp3) is 0.222. The number of nitrogens with zero attached hydrogens (tertiary/aromatic N) is 1. The second kappa shape index (κ2) is 5.62. The number of sulfonamides is 1. The van der Waals surface area contributed by atoms with Gasteiger partial charge in [0.05, 0.1) is 4.90 Å². The Morgan fingerprint density at radius 3 is 2.79 bits per heavy atom. The topological polar surface area (TPSA) is 53.2 Å². The van der Waals surface area contributed by atoms with Crippen molar-refractivity contribution in [2.24, 2.45) is 0 Å². The molecule has 0 unspecified atom stereocenters. The fourth-order valence-corrected chi connectivity index (χ4v) is 5.00. The molecular weight excluding hydrogens is 344 g/mol. The molecule has 1 aromatic heterocycles.